The van der Waals surface area contributed by atoms with Crippen LogP contribution in [0.1, 0.15) is 23.1 Å². The van der Waals surface area contributed by atoms with Crippen molar-refractivity contribution in [3.63, 3.8) is 0 Å². The van der Waals surface area contributed by atoms with Gasteiger partial charge in [-0.25, -0.2) is 0 Å². The van der Waals surface area contributed by atoms with Crippen molar-refractivity contribution in [3.8, 4) is 0 Å². The Morgan fingerprint density at radius 2 is 2.17 bits per heavy atom. The molecule has 2 heteroatoms. The van der Waals surface area contributed by atoms with Gasteiger partial charge < -0.3 is 5.21 Å². The van der Waals surface area contributed by atoms with Crippen LogP contribution in [0.2, 0.25) is 0 Å². The summed E-state index contributed by atoms with van der Waals surface area (Å²) in [6.07, 6.45) is 1.88. The number of hydrogen-bond donors (Lipinski definition) is 1. The fourth-order valence-electron chi connectivity index (χ4n) is 1.67. The first-order valence-electron chi connectivity index (χ1n) is 4.12. The first-order chi connectivity index (χ1) is 5.81. The Morgan fingerprint density at radius 1 is 1.33 bits per heavy atom. The molecule has 0 saturated heterocycles. The highest BCUT2D eigenvalue weighted by Crippen LogP contribution is 2.23. The summed E-state index contributed by atoms with van der Waals surface area (Å²) in [6, 6.07) is 6.29. The van der Waals surface area contributed by atoms with Crippen molar-refractivity contribution in [2.24, 2.45) is 5.16 Å². The lowest BCUT2D eigenvalue weighted by molar-refractivity contribution is 0.318. The summed E-state index contributed by atoms with van der Waals surface area (Å²) in [7, 11) is 0. The van der Waals surface area contributed by atoms with Crippen LogP contribution >= 0.6 is 0 Å². The van der Waals surface area contributed by atoms with E-state index in [0.717, 1.165) is 24.1 Å². The van der Waals surface area contributed by atoms with E-state index in [9.17, 15) is 0 Å². The predicted molar refractivity (Wildman–Crippen MR) is 47.8 cm³/mol. The number of aryl methyl sites for hydroxylation is 2. The largest absolute Gasteiger partial charge is 0.411 e. The van der Waals surface area contributed by atoms with Gasteiger partial charge in [-0.3, -0.25) is 0 Å². The third-order valence-electron chi connectivity index (χ3n) is 2.33. The SMILES string of the molecule is Cc1ccc2c(c1)C(=NO)CC2. The Labute approximate surface area is 71.5 Å². The van der Waals surface area contributed by atoms with E-state index in [1.54, 1.807) is 0 Å². The van der Waals surface area contributed by atoms with E-state index in [2.05, 4.69) is 23.4 Å². The molecule has 0 aromatic heterocycles. The third-order valence-corrected chi connectivity index (χ3v) is 2.33. The summed E-state index contributed by atoms with van der Waals surface area (Å²) in [5.41, 5.74) is 4.47. The molecule has 0 heterocycles. The molecule has 0 atom stereocenters. The highest BCUT2D eigenvalue weighted by molar-refractivity contribution is 6.04. The van der Waals surface area contributed by atoms with Crippen molar-refractivity contribution in [2.75, 3.05) is 0 Å². The lowest BCUT2D eigenvalue weighted by atomic mass is 10.1. The molecule has 1 aromatic carbocycles. The first kappa shape index (κ1) is 7.35. The Hall–Kier alpha value is -1.31. The van der Waals surface area contributed by atoms with E-state index in [1.165, 1.54) is 11.1 Å². The smallest absolute Gasteiger partial charge is 0.0873 e. The highest BCUT2D eigenvalue weighted by atomic mass is 16.4. The zero-order chi connectivity index (χ0) is 8.55. The molecule has 1 aliphatic carbocycles. The van der Waals surface area contributed by atoms with E-state index in [4.69, 9.17) is 5.21 Å². The quantitative estimate of drug-likeness (QED) is 0.458. The number of nitrogens with zero attached hydrogens (tertiary/aromatic N) is 1. The highest BCUT2D eigenvalue weighted by Gasteiger charge is 2.17. The molecule has 12 heavy (non-hydrogen) atoms. The normalized spacial score (nSPS) is 18.2. The minimum atomic E-state index is 0.828. The van der Waals surface area contributed by atoms with Crippen molar-refractivity contribution < 1.29 is 5.21 Å². The van der Waals surface area contributed by atoms with Gasteiger partial charge in [0.2, 0.25) is 0 Å². The molecule has 0 amide bonds. The van der Waals surface area contributed by atoms with Gasteiger partial charge in [0.15, 0.2) is 0 Å². The third kappa shape index (κ3) is 0.998. The molecule has 0 radical (unpaired) electrons. The summed E-state index contributed by atoms with van der Waals surface area (Å²) in [4.78, 5) is 0. The molecule has 0 bridgehead atoms. The summed E-state index contributed by atoms with van der Waals surface area (Å²) in [5.74, 6) is 0. The summed E-state index contributed by atoms with van der Waals surface area (Å²) in [5, 5.41) is 12.0. The second-order valence-corrected chi connectivity index (χ2v) is 3.21. The zero-order valence-electron chi connectivity index (χ0n) is 7.04. The maximum absolute atomic E-state index is 8.69. The van der Waals surface area contributed by atoms with E-state index in [-0.39, 0.29) is 0 Å². The summed E-state index contributed by atoms with van der Waals surface area (Å²) in [6.45, 7) is 2.05. The molecule has 0 aliphatic heterocycles. The molecule has 2 rings (SSSR count). The molecule has 0 unspecified atom stereocenters. The number of hydrogen-bond acceptors (Lipinski definition) is 2. The Kier molecular flexibility index (Phi) is 1.61. The monoisotopic (exact) mass is 161 g/mol. The second kappa shape index (κ2) is 2.63. The first-order valence-corrected chi connectivity index (χ1v) is 4.12. The second-order valence-electron chi connectivity index (χ2n) is 3.21. The number of oxime groups is 1. The van der Waals surface area contributed by atoms with Crippen LogP contribution in [-0.4, -0.2) is 10.9 Å². The van der Waals surface area contributed by atoms with Gasteiger partial charge in [0, 0.05) is 5.56 Å². The maximum Gasteiger partial charge on any atom is 0.0873 e. The predicted octanol–water partition coefficient (Wildman–Crippen LogP) is 2.12. The molecule has 0 saturated carbocycles. The van der Waals surface area contributed by atoms with E-state index in [1.807, 2.05) is 6.92 Å². The van der Waals surface area contributed by atoms with Gasteiger partial charge in [-0.2, -0.15) is 0 Å². The minimum absolute atomic E-state index is 0.828. The number of fused-ring (bicyclic) bond motifs is 1. The maximum atomic E-state index is 8.69. The number of rotatable bonds is 0. The standard InChI is InChI=1S/C10H11NO/c1-7-2-3-8-4-5-10(11-12)9(8)6-7/h2-3,6,12H,4-5H2,1H3. The van der Waals surface area contributed by atoms with Crippen LogP contribution in [-0.2, 0) is 6.42 Å². The van der Waals surface area contributed by atoms with Gasteiger partial charge >= 0.3 is 0 Å². The Balaban J connectivity index is 2.57. The van der Waals surface area contributed by atoms with Crippen LogP contribution in [0.25, 0.3) is 0 Å². The van der Waals surface area contributed by atoms with Crippen LogP contribution in [0, 0.1) is 6.92 Å². The van der Waals surface area contributed by atoms with E-state index >= 15 is 0 Å². The average molecular weight is 161 g/mol. The van der Waals surface area contributed by atoms with Crippen molar-refractivity contribution in [3.05, 3.63) is 34.9 Å². The molecule has 1 aromatic rings. The molecular weight excluding hydrogens is 150 g/mol. The van der Waals surface area contributed by atoms with Gasteiger partial charge in [-0.1, -0.05) is 22.9 Å². The molecule has 0 fully saturated rings. The average Bonchev–Trinajstić information content (AvgIpc) is 2.46. The van der Waals surface area contributed by atoms with Gasteiger partial charge in [-0.05, 0) is 31.4 Å². The van der Waals surface area contributed by atoms with Crippen LogP contribution in [0.15, 0.2) is 23.4 Å². The lowest BCUT2D eigenvalue weighted by Crippen LogP contribution is -1.93. The molecule has 0 spiro atoms. The van der Waals surface area contributed by atoms with Crippen LogP contribution in [0.3, 0.4) is 0 Å². The van der Waals surface area contributed by atoms with Gasteiger partial charge in [-0.15, -0.1) is 0 Å². The Morgan fingerprint density at radius 3 is 2.92 bits per heavy atom. The number of benzene rings is 1. The molecule has 2 nitrogen and oxygen atoms in total. The fourth-order valence-corrected chi connectivity index (χ4v) is 1.67. The Bertz CT molecular complexity index is 342. The molecule has 1 N–H and O–H groups in total. The van der Waals surface area contributed by atoms with Gasteiger partial charge in [0.05, 0.1) is 5.71 Å². The zero-order valence-corrected chi connectivity index (χ0v) is 7.04. The van der Waals surface area contributed by atoms with Crippen molar-refractivity contribution >= 4 is 5.71 Å². The fraction of sp³-hybridized carbons (Fsp3) is 0.300. The van der Waals surface area contributed by atoms with Crippen LogP contribution in [0.4, 0.5) is 0 Å². The topological polar surface area (TPSA) is 32.6 Å². The van der Waals surface area contributed by atoms with Gasteiger partial charge in [0.1, 0.15) is 0 Å². The summed E-state index contributed by atoms with van der Waals surface area (Å²) < 4.78 is 0. The van der Waals surface area contributed by atoms with E-state index in [0.29, 0.717) is 0 Å². The van der Waals surface area contributed by atoms with Crippen LogP contribution < -0.4 is 0 Å². The van der Waals surface area contributed by atoms with Gasteiger partial charge in [0.25, 0.3) is 0 Å². The van der Waals surface area contributed by atoms with Crippen molar-refractivity contribution in [1.29, 1.82) is 0 Å². The molecular formula is C10H11NO. The van der Waals surface area contributed by atoms with Crippen molar-refractivity contribution in [2.45, 2.75) is 19.8 Å². The minimum Gasteiger partial charge on any atom is -0.411 e. The van der Waals surface area contributed by atoms with Crippen LogP contribution in [0.5, 0.6) is 0 Å². The molecule has 1 aliphatic rings. The van der Waals surface area contributed by atoms with Crippen molar-refractivity contribution in [1.82, 2.24) is 0 Å². The summed E-state index contributed by atoms with van der Waals surface area (Å²) >= 11 is 0. The molecule has 62 valence electrons. The lowest BCUT2D eigenvalue weighted by Gasteiger charge is -1.99. The van der Waals surface area contributed by atoms with E-state index < -0.39 is 0 Å².